The zero-order valence-electron chi connectivity index (χ0n) is 21.6. The van der Waals surface area contributed by atoms with Crippen LogP contribution >= 0.6 is 0 Å². The summed E-state index contributed by atoms with van der Waals surface area (Å²) >= 11 is 0. The maximum absolute atomic E-state index is 13.0. The van der Waals surface area contributed by atoms with Crippen molar-refractivity contribution in [2.75, 3.05) is 13.1 Å². The van der Waals surface area contributed by atoms with Gasteiger partial charge in [0, 0.05) is 30.9 Å². The molecule has 5 rings (SSSR count). The lowest BCUT2D eigenvalue weighted by atomic mass is 9.93. The fourth-order valence-electron chi connectivity index (χ4n) is 4.80. The number of likely N-dealkylation sites (tertiary alicyclic amines) is 1. The zero-order chi connectivity index (χ0) is 28.2. The van der Waals surface area contributed by atoms with Crippen molar-refractivity contribution in [2.45, 2.75) is 38.5 Å². The van der Waals surface area contributed by atoms with E-state index in [1.165, 1.54) is 12.3 Å². The quantitative estimate of drug-likeness (QED) is 0.322. The van der Waals surface area contributed by atoms with Crippen LogP contribution in [0.25, 0.3) is 11.0 Å². The van der Waals surface area contributed by atoms with E-state index < -0.39 is 12.6 Å². The third kappa shape index (κ3) is 6.00. The first kappa shape index (κ1) is 27.0. The molecule has 1 aliphatic heterocycles. The SMILES string of the molecule is Cn1c(CN2CCC(c3cccc(OCc4ccc(C#N)cn4)n3)CC2)nc2c(OC(F)F)cc(C(=O)O)cc21. The molecule has 0 amide bonds. The summed E-state index contributed by atoms with van der Waals surface area (Å²) in [6.07, 6.45) is 3.23. The summed E-state index contributed by atoms with van der Waals surface area (Å²) in [5.41, 5.74) is 2.61. The second kappa shape index (κ2) is 11.6. The van der Waals surface area contributed by atoms with E-state index in [1.54, 1.807) is 29.8 Å². The van der Waals surface area contributed by atoms with Crippen LogP contribution in [-0.4, -0.2) is 55.2 Å². The molecule has 1 aliphatic rings. The highest BCUT2D eigenvalue weighted by molar-refractivity contribution is 5.95. The molecular weight excluding hydrogens is 522 g/mol. The van der Waals surface area contributed by atoms with Crippen molar-refractivity contribution in [3.63, 3.8) is 0 Å². The van der Waals surface area contributed by atoms with Crippen molar-refractivity contribution in [1.82, 2.24) is 24.4 Å². The Labute approximate surface area is 228 Å². The average Bonchev–Trinajstić information content (AvgIpc) is 3.27. The molecule has 0 bridgehead atoms. The summed E-state index contributed by atoms with van der Waals surface area (Å²) in [5.74, 6) is -0.112. The fourth-order valence-corrected chi connectivity index (χ4v) is 4.80. The van der Waals surface area contributed by atoms with Crippen LogP contribution in [0.4, 0.5) is 8.78 Å². The number of aromatic carboxylic acids is 1. The van der Waals surface area contributed by atoms with Crippen LogP contribution in [0.15, 0.2) is 48.7 Å². The van der Waals surface area contributed by atoms with Gasteiger partial charge in [-0.1, -0.05) is 6.07 Å². The molecule has 4 aromatic rings. The Balaban J connectivity index is 1.23. The lowest BCUT2D eigenvalue weighted by Gasteiger charge is -2.31. The standard InChI is InChI=1S/C28H26F2N6O4/c1-35-22-11-19(27(37)38)12-23(40-28(29)30)26(22)34-24(35)15-36-9-7-18(8-10-36)21-3-2-4-25(33-21)39-16-20-6-5-17(13-31)14-32-20/h2-6,11-12,14,18,28H,7-10,15-16H2,1H3,(H,37,38). The highest BCUT2D eigenvalue weighted by Crippen LogP contribution is 2.31. The molecule has 3 aromatic heterocycles. The van der Waals surface area contributed by atoms with Crippen molar-refractivity contribution >= 4 is 17.0 Å². The van der Waals surface area contributed by atoms with E-state index >= 15 is 0 Å². The van der Waals surface area contributed by atoms with E-state index in [2.05, 4.69) is 19.6 Å². The van der Waals surface area contributed by atoms with Gasteiger partial charge in [0.25, 0.3) is 0 Å². The third-order valence-corrected chi connectivity index (χ3v) is 6.94. The molecule has 1 N–H and O–H groups in total. The number of carboxylic acid groups (broad SMARTS) is 1. The molecule has 40 heavy (non-hydrogen) atoms. The number of nitriles is 1. The van der Waals surface area contributed by atoms with E-state index in [0.717, 1.165) is 37.7 Å². The van der Waals surface area contributed by atoms with Crippen molar-refractivity contribution < 1.29 is 28.2 Å². The predicted molar refractivity (Wildman–Crippen MR) is 139 cm³/mol. The Morgan fingerprint density at radius 1 is 1.20 bits per heavy atom. The number of aromatic nitrogens is 4. The lowest BCUT2D eigenvalue weighted by Crippen LogP contribution is -2.33. The average molecular weight is 549 g/mol. The van der Waals surface area contributed by atoms with Crippen LogP contribution in [0.5, 0.6) is 11.6 Å². The van der Waals surface area contributed by atoms with Gasteiger partial charge in [0.2, 0.25) is 5.88 Å². The number of hydrogen-bond donors (Lipinski definition) is 1. The minimum atomic E-state index is -3.10. The molecule has 1 saturated heterocycles. The van der Waals surface area contributed by atoms with E-state index in [1.807, 2.05) is 18.2 Å². The van der Waals surface area contributed by atoms with E-state index in [0.29, 0.717) is 35.0 Å². The van der Waals surface area contributed by atoms with Gasteiger partial charge in [0.15, 0.2) is 5.75 Å². The van der Waals surface area contributed by atoms with Gasteiger partial charge in [-0.15, -0.1) is 0 Å². The largest absolute Gasteiger partial charge is 0.478 e. The summed E-state index contributed by atoms with van der Waals surface area (Å²) in [4.78, 5) is 27.2. The number of halogens is 2. The van der Waals surface area contributed by atoms with Gasteiger partial charge < -0.3 is 19.1 Å². The number of aryl methyl sites for hydroxylation is 1. The van der Waals surface area contributed by atoms with E-state index in [-0.39, 0.29) is 29.4 Å². The molecule has 10 nitrogen and oxygen atoms in total. The molecule has 0 atom stereocenters. The summed E-state index contributed by atoms with van der Waals surface area (Å²) in [7, 11) is 1.73. The number of nitrogens with zero attached hydrogens (tertiary/aromatic N) is 6. The molecule has 206 valence electrons. The van der Waals surface area contributed by atoms with Crippen LogP contribution in [0.2, 0.25) is 0 Å². The Bertz CT molecular complexity index is 1560. The maximum Gasteiger partial charge on any atom is 0.387 e. The van der Waals surface area contributed by atoms with Crippen molar-refractivity contribution in [2.24, 2.45) is 7.05 Å². The topological polar surface area (TPSA) is 126 Å². The second-order valence-electron chi connectivity index (χ2n) is 9.50. The number of piperidine rings is 1. The number of alkyl halides is 2. The minimum Gasteiger partial charge on any atom is -0.478 e. The van der Waals surface area contributed by atoms with Gasteiger partial charge in [-0.3, -0.25) is 9.88 Å². The van der Waals surface area contributed by atoms with Crippen LogP contribution < -0.4 is 9.47 Å². The van der Waals surface area contributed by atoms with Crippen LogP contribution in [-0.2, 0) is 20.2 Å². The van der Waals surface area contributed by atoms with Gasteiger partial charge in [-0.05, 0) is 56.3 Å². The predicted octanol–water partition coefficient (Wildman–Crippen LogP) is 4.49. The normalized spacial score (nSPS) is 14.4. The molecule has 1 fully saturated rings. The second-order valence-corrected chi connectivity index (χ2v) is 9.50. The highest BCUT2D eigenvalue weighted by atomic mass is 19.3. The lowest BCUT2D eigenvalue weighted by molar-refractivity contribution is -0.0489. The Morgan fingerprint density at radius 3 is 2.67 bits per heavy atom. The van der Waals surface area contributed by atoms with Gasteiger partial charge in [0.05, 0.1) is 28.9 Å². The number of carbonyl (C=O) groups is 1. The molecule has 0 unspecified atom stereocenters. The Hall–Kier alpha value is -4.63. The number of benzene rings is 1. The molecule has 0 radical (unpaired) electrons. The number of imidazole rings is 1. The third-order valence-electron chi connectivity index (χ3n) is 6.94. The van der Waals surface area contributed by atoms with Crippen molar-refractivity contribution in [3.8, 4) is 17.7 Å². The summed E-state index contributed by atoms with van der Waals surface area (Å²) < 4.78 is 38.1. The number of hydrogen-bond acceptors (Lipinski definition) is 8. The van der Waals surface area contributed by atoms with Gasteiger partial charge >= 0.3 is 12.6 Å². The van der Waals surface area contributed by atoms with Gasteiger partial charge in [-0.2, -0.15) is 14.0 Å². The molecule has 4 heterocycles. The minimum absolute atomic E-state index is 0.148. The van der Waals surface area contributed by atoms with Gasteiger partial charge in [0.1, 0.15) is 24.0 Å². The van der Waals surface area contributed by atoms with E-state index in [4.69, 9.17) is 15.0 Å². The summed E-state index contributed by atoms with van der Waals surface area (Å²) in [6.45, 7) is -0.825. The Morgan fingerprint density at radius 2 is 2.00 bits per heavy atom. The summed E-state index contributed by atoms with van der Waals surface area (Å²) in [5, 5.41) is 18.3. The molecule has 0 aliphatic carbocycles. The first-order chi connectivity index (χ1) is 19.3. The summed E-state index contributed by atoms with van der Waals surface area (Å²) in [6, 6.07) is 13.7. The van der Waals surface area contributed by atoms with Crippen LogP contribution in [0, 0.1) is 11.3 Å². The van der Waals surface area contributed by atoms with Crippen molar-refractivity contribution in [1.29, 1.82) is 5.26 Å². The molecular formula is C28H26F2N6O4. The number of carboxylic acids is 1. The first-order valence-electron chi connectivity index (χ1n) is 12.7. The van der Waals surface area contributed by atoms with Crippen LogP contribution in [0.1, 0.15) is 51.9 Å². The fraction of sp³-hybridized carbons (Fsp3) is 0.321. The molecule has 1 aromatic carbocycles. The first-order valence-corrected chi connectivity index (χ1v) is 12.7. The van der Waals surface area contributed by atoms with Crippen molar-refractivity contribution in [3.05, 3.63) is 77.0 Å². The number of fused-ring (bicyclic) bond motifs is 1. The number of rotatable bonds is 9. The zero-order valence-corrected chi connectivity index (χ0v) is 21.6. The molecule has 0 spiro atoms. The highest BCUT2D eigenvalue weighted by Gasteiger charge is 2.25. The number of ether oxygens (including phenoxy) is 2. The Kier molecular flexibility index (Phi) is 7.84. The van der Waals surface area contributed by atoms with Crippen LogP contribution in [0.3, 0.4) is 0 Å². The molecule has 0 saturated carbocycles. The smallest absolute Gasteiger partial charge is 0.387 e. The van der Waals surface area contributed by atoms with E-state index in [9.17, 15) is 18.7 Å². The monoisotopic (exact) mass is 548 g/mol. The number of pyridine rings is 2. The maximum atomic E-state index is 13.0. The van der Waals surface area contributed by atoms with Gasteiger partial charge in [-0.25, -0.2) is 14.8 Å². The molecule has 12 heteroatoms.